The molecule has 7 nitrogen and oxygen atoms in total. The summed E-state index contributed by atoms with van der Waals surface area (Å²) in [7, 11) is 3.14. The second kappa shape index (κ2) is 8.91. The van der Waals surface area contributed by atoms with Gasteiger partial charge in [0.15, 0.2) is 0 Å². The average molecular weight is 480 g/mol. The minimum atomic E-state index is -1.24. The first-order valence-electron chi connectivity index (χ1n) is 12.0. The number of carbonyl (C=O) groups is 2. The van der Waals surface area contributed by atoms with Crippen LogP contribution < -0.4 is 14.8 Å². The molecule has 2 aromatic carbocycles. The Bertz CT molecular complexity index is 1300. The molecule has 0 radical (unpaired) electrons. The van der Waals surface area contributed by atoms with Gasteiger partial charge >= 0.3 is 0 Å². The maximum Gasteiger partial charge on any atom is 0.271 e. The van der Waals surface area contributed by atoms with Crippen molar-refractivity contribution in [3.05, 3.63) is 59.5 Å². The quantitative estimate of drug-likeness (QED) is 0.573. The minimum Gasteiger partial charge on any atom is -0.496 e. The Hall–Kier alpha value is -3.55. The highest BCUT2D eigenvalue weighted by Crippen LogP contribution is 2.40. The van der Waals surface area contributed by atoms with Gasteiger partial charge in [-0.1, -0.05) is 31.0 Å². The first kappa shape index (κ1) is 23.2. The molecule has 35 heavy (non-hydrogen) atoms. The van der Waals surface area contributed by atoms with Crippen LogP contribution in [0.5, 0.6) is 11.5 Å². The van der Waals surface area contributed by atoms with E-state index in [1.54, 1.807) is 57.5 Å². The number of nitrogens with zero attached hydrogens (tertiary/aromatic N) is 2. The van der Waals surface area contributed by atoms with Crippen molar-refractivity contribution < 1.29 is 23.5 Å². The number of fused-ring (bicyclic) bond motifs is 3. The first-order chi connectivity index (χ1) is 16.9. The molecule has 184 valence electrons. The topological polar surface area (TPSA) is 72.8 Å². The maximum atomic E-state index is 14.6. The fourth-order valence-electron chi connectivity index (χ4n) is 5.41. The molecule has 1 aromatic heterocycles. The van der Waals surface area contributed by atoms with Gasteiger partial charge in [-0.15, -0.1) is 0 Å². The molecule has 5 rings (SSSR count). The van der Waals surface area contributed by atoms with E-state index in [1.807, 2.05) is 4.57 Å². The summed E-state index contributed by atoms with van der Waals surface area (Å²) in [6.45, 7) is 1.95. The van der Waals surface area contributed by atoms with Crippen molar-refractivity contribution in [2.75, 3.05) is 14.2 Å². The van der Waals surface area contributed by atoms with Crippen LogP contribution >= 0.6 is 0 Å². The highest BCUT2D eigenvalue weighted by Gasteiger charge is 2.48. The number of hydrogen-bond acceptors (Lipinski definition) is 4. The van der Waals surface area contributed by atoms with Crippen molar-refractivity contribution in [2.45, 2.75) is 57.3 Å². The Balaban J connectivity index is 1.65. The van der Waals surface area contributed by atoms with E-state index in [0.29, 0.717) is 28.3 Å². The number of halogens is 1. The molecule has 8 heteroatoms. The molecular weight excluding hydrogens is 449 g/mol. The number of amides is 2. The Morgan fingerprint density at radius 1 is 1.11 bits per heavy atom. The van der Waals surface area contributed by atoms with E-state index in [1.165, 1.54) is 11.0 Å². The van der Waals surface area contributed by atoms with Gasteiger partial charge in [0.2, 0.25) is 5.91 Å². The lowest BCUT2D eigenvalue weighted by Crippen LogP contribution is -2.64. The van der Waals surface area contributed by atoms with Crippen LogP contribution in [0.4, 0.5) is 4.39 Å². The summed E-state index contributed by atoms with van der Waals surface area (Å²) in [5, 5.41) is 3.89. The first-order valence-corrected chi connectivity index (χ1v) is 12.0. The van der Waals surface area contributed by atoms with Crippen LogP contribution in [0.25, 0.3) is 10.9 Å². The molecule has 1 fully saturated rings. The van der Waals surface area contributed by atoms with Crippen LogP contribution in [0.15, 0.2) is 42.5 Å². The lowest BCUT2D eigenvalue weighted by atomic mass is 9.93. The summed E-state index contributed by atoms with van der Waals surface area (Å²) in [5.74, 6) is 0.204. The number of methoxy groups -OCH3 is 2. The standard InChI is InChI=1S/C27H30FN3O4/c1-27(26(33)29-18-9-5-6-10-18)16-30-21(14-19-22(34-2)12-13-23(35-3)24(19)30)25(32)31(27)15-17-8-4-7-11-20(17)28/h4,7-8,11-14,18H,5-6,9-10,15-16H2,1-3H3,(H,29,33). The number of aromatic nitrogens is 1. The van der Waals surface area contributed by atoms with E-state index in [-0.39, 0.29) is 30.9 Å². The third-order valence-electron chi connectivity index (χ3n) is 7.41. The minimum absolute atomic E-state index is 0.0180. The smallest absolute Gasteiger partial charge is 0.271 e. The highest BCUT2D eigenvalue weighted by atomic mass is 19.1. The van der Waals surface area contributed by atoms with Crippen molar-refractivity contribution in [1.29, 1.82) is 0 Å². The molecule has 1 aliphatic carbocycles. The summed E-state index contributed by atoms with van der Waals surface area (Å²) < 4.78 is 27.6. The van der Waals surface area contributed by atoms with Gasteiger partial charge in [-0.05, 0) is 44.0 Å². The molecule has 0 saturated heterocycles. The molecule has 0 spiro atoms. The van der Waals surface area contributed by atoms with E-state index < -0.39 is 11.4 Å². The highest BCUT2D eigenvalue weighted by molar-refractivity contribution is 6.05. The van der Waals surface area contributed by atoms with Crippen LogP contribution in [0.3, 0.4) is 0 Å². The molecule has 1 N–H and O–H groups in total. The number of benzene rings is 2. The second-order valence-corrected chi connectivity index (χ2v) is 9.56. The van der Waals surface area contributed by atoms with Gasteiger partial charge in [0, 0.05) is 17.0 Å². The Morgan fingerprint density at radius 3 is 2.49 bits per heavy atom. The lowest BCUT2D eigenvalue weighted by Gasteiger charge is -2.44. The summed E-state index contributed by atoms with van der Waals surface area (Å²) in [6.07, 6.45) is 3.99. The van der Waals surface area contributed by atoms with Crippen molar-refractivity contribution >= 4 is 22.7 Å². The zero-order valence-electron chi connectivity index (χ0n) is 20.3. The largest absolute Gasteiger partial charge is 0.496 e. The Labute approximate surface area is 203 Å². The summed E-state index contributed by atoms with van der Waals surface area (Å²) in [4.78, 5) is 29.3. The molecule has 1 unspecified atom stereocenters. The number of hydrogen-bond donors (Lipinski definition) is 1. The molecule has 0 bridgehead atoms. The average Bonchev–Trinajstić information content (AvgIpc) is 3.50. The van der Waals surface area contributed by atoms with Gasteiger partial charge in [-0.2, -0.15) is 0 Å². The van der Waals surface area contributed by atoms with E-state index >= 15 is 0 Å². The number of nitrogens with one attached hydrogen (secondary N) is 1. The van der Waals surface area contributed by atoms with Gasteiger partial charge in [-0.3, -0.25) is 9.59 Å². The van der Waals surface area contributed by atoms with Crippen LogP contribution in [0.2, 0.25) is 0 Å². The van der Waals surface area contributed by atoms with Crippen molar-refractivity contribution in [2.24, 2.45) is 0 Å². The SMILES string of the molecule is COc1ccc(OC)c2c1cc1n2CC(C)(C(=O)NC2CCCC2)N(Cc2ccccc2F)C1=O. The monoisotopic (exact) mass is 479 g/mol. The maximum absolute atomic E-state index is 14.6. The fourth-order valence-corrected chi connectivity index (χ4v) is 5.41. The summed E-state index contributed by atoms with van der Waals surface area (Å²) in [6, 6.07) is 11.8. The zero-order chi connectivity index (χ0) is 24.7. The normalized spacial score (nSPS) is 20.2. The van der Waals surface area contributed by atoms with Gasteiger partial charge in [0.05, 0.1) is 32.8 Å². The Kier molecular flexibility index (Phi) is 5.91. The van der Waals surface area contributed by atoms with Gasteiger partial charge in [-0.25, -0.2) is 4.39 Å². The van der Waals surface area contributed by atoms with Crippen molar-refractivity contribution in [1.82, 2.24) is 14.8 Å². The van der Waals surface area contributed by atoms with Crippen LogP contribution in [0.1, 0.15) is 48.7 Å². The number of rotatable bonds is 6. The second-order valence-electron chi connectivity index (χ2n) is 9.56. The molecule has 1 saturated carbocycles. The predicted molar refractivity (Wildman–Crippen MR) is 130 cm³/mol. The zero-order valence-corrected chi connectivity index (χ0v) is 20.3. The van der Waals surface area contributed by atoms with Gasteiger partial charge in [0.1, 0.15) is 28.5 Å². The fraction of sp³-hybridized carbons (Fsp3) is 0.407. The molecule has 1 aliphatic heterocycles. The van der Waals surface area contributed by atoms with E-state index in [9.17, 15) is 14.0 Å². The van der Waals surface area contributed by atoms with E-state index in [4.69, 9.17) is 9.47 Å². The molecule has 1 atom stereocenters. The third kappa shape index (κ3) is 3.81. The van der Waals surface area contributed by atoms with Crippen LogP contribution in [-0.2, 0) is 17.9 Å². The number of carbonyl (C=O) groups excluding carboxylic acids is 2. The van der Waals surface area contributed by atoms with Crippen molar-refractivity contribution in [3.8, 4) is 11.5 Å². The third-order valence-corrected chi connectivity index (χ3v) is 7.41. The molecular formula is C27H30FN3O4. The van der Waals surface area contributed by atoms with E-state index in [0.717, 1.165) is 31.1 Å². The molecule has 2 amide bonds. The number of ether oxygens (including phenoxy) is 2. The lowest BCUT2D eigenvalue weighted by molar-refractivity contribution is -0.133. The van der Waals surface area contributed by atoms with Crippen LogP contribution in [-0.4, -0.2) is 47.1 Å². The summed E-state index contributed by atoms with van der Waals surface area (Å²) >= 11 is 0. The van der Waals surface area contributed by atoms with Gasteiger partial charge < -0.3 is 24.3 Å². The summed E-state index contributed by atoms with van der Waals surface area (Å²) in [5.41, 5.74) is 0.223. The van der Waals surface area contributed by atoms with Crippen LogP contribution in [0, 0.1) is 5.82 Å². The Morgan fingerprint density at radius 2 is 1.80 bits per heavy atom. The van der Waals surface area contributed by atoms with Crippen molar-refractivity contribution in [3.63, 3.8) is 0 Å². The molecule has 3 aromatic rings. The predicted octanol–water partition coefficient (Wildman–Crippen LogP) is 4.27. The van der Waals surface area contributed by atoms with Gasteiger partial charge in [0.25, 0.3) is 5.91 Å². The molecule has 2 aliphatic rings. The van der Waals surface area contributed by atoms with E-state index in [2.05, 4.69) is 5.32 Å². The molecule has 2 heterocycles.